The summed E-state index contributed by atoms with van der Waals surface area (Å²) in [5, 5.41) is 3.20. The fraction of sp³-hybridized carbons (Fsp3) is 0.688. The van der Waals surface area contributed by atoms with Crippen LogP contribution in [-0.4, -0.2) is 21.9 Å². The highest BCUT2D eigenvalue weighted by molar-refractivity contribution is 5.92. The number of nitrogens with one attached hydrogen (secondary N) is 1. The Kier molecular flexibility index (Phi) is 2.89. The molecular weight excluding hydrogens is 250 g/mol. The average molecular weight is 273 g/mol. The van der Waals surface area contributed by atoms with Gasteiger partial charge in [-0.3, -0.25) is 9.78 Å². The van der Waals surface area contributed by atoms with E-state index in [4.69, 9.17) is 0 Å². The topological polar surface area (TPSA) is 54.9 Å². The third-order valence-electron chi connectivity index (χ3n) is 6.11. The molecule has 0 aromatic carbocycles. The molecule has 4 nitrogen and oxygen atoms in total. The molecule has 3 rings (SSSR count). The second kappa shape index (κ2) is 4.27. The summed E-state index contributed by atoms with van der Waals surface area (Å²) in [5.41, 5.74) is 1.75. The molecule has 108 valence electrons. The van der Waals surface area contributed by atoms with Gasteiger partial charge in [-0.25, -0.2) is 4.98 Å². The van der Waals surface area contributed by atoms with Gasteiger partial charge < -0.3 is 5.32 Å². The van der Waals surface area contributed by atoms with Crippen LogP contribution in [0, 0.1) is 23.7 Å². The molecule has 1 heterocycles. The molecule has 4 heteroatoms. The Bertz CT molecular complexity index is 537. The highest BCUT2D eigenvalue weighted by Gasteiger charge is 2.61. The molecule has 1 amide bonds. The molecule has 3 unspecified atom stereocenters. The van der Waals surface area contributed by atoms with Crippen molar-refractivity contribution in [3.63, 3.8) is 0 Å². The minimum Gasteiger partial charge on any atom is -0.347 e. The predicted octanol–water partition coefficient (Wildman–Crippen LogP) is 2.73. The molecule has 2 fully saturated rings. The number of carbonyl (C=O) groups excluding carboxylic acids is 1. The average Bonchev–Trinajstić information content (AvgIpc) is 2.72. The molecule has 0 saturated heterocycles. The molecule has 0 spiro atoms. The van der Waals surface area contributed by atoms with Gasteiger partial charge in [0.25, 0.3) is 5.91 Å². The highest BCUT2D eigenvalue weighted by atomic mass is 16.2. The maximum atomic E-state index is 12.3. The van der Waals surface area contributed by atoms with Crippen LogP contribution in [0.3, 0.4) is 0 Å². The van der Waals surface area contributed by atoms with Crippen molar-refractivity contribution >= 4 is 5.91 Å². The first-order valence-electron chi connectivity index (χ1n) is 7.44. The van der Waals surface area contributed by atoms with E-state index in [1.807, 2.05) is 6.92 Å². The number of nitrogens with zero attached hydrogens (tertiary/aromatic N) is 2. The van der Waals surface area contributed by atoms with E-state index in [1.54, 1.807) is 12.4 Å². The zero-order valence-electron chi connectivity index (χ0n) is 12.7. The fourth-order valence-corrected chi connectivity index (χ4v) is 4.16. The molecule has 3 atom stereocenters. The number of hydrogen-bond acceptors (Lipinski definition) is 3. The smallest absolute Gasteiger partial charge is 0.271 e. The Balaban J connectivity index is 1.76. The van der Waals surface area contributed by atoms with E-state index in [0.29, 0.717) is 11.1 Å². The second-order valence-corrected chi connectivity index (χ2v) is 7.18. The molecular formula is C16H23N3O. The third kappa shape index (κ3) is 1.77. The molecule has 20 heavy (non-hydrogen) atoms. The largest absolute Gasteiger partial charge is 0.347 e. The Labute approximate surface area is 120 Å². The Morgan fingerprint density at radius 3 is 2.55 bits per heavy atom. The SMILES string of the molecule is Cc1cnc(C(=O)NC2CC3CCC2(C)C3(C)C)cn1. The van der Waals surface area contributed by atoms with E-state index in [2.05, 4.69) is 36.1 Å². The summed E-state index contributed by atoms with van der Waals surface area (Å²) >= 11 is 0. The second-order valence-electron chi connectivity index (χ2n) is 7.18. The van der Waals surface area contributed by atoms with Gasteiger partial charge in [0.2, 0.25) is 0 Å². The minimum atomic E-state index is -0.0907. The van der Waals surface area contributed by atoms with E-state index >= 15 is 0 Å². The van der Waals surface area contributed by atoms with Gasteiger partial charge in [-0.05, 0) is 42.9 Å². The molecule has 2 aliphatic rings. The number of aromatic nitrogens is 2. The molecule has 2 bridgehead atoms. The van der Waals surface area contributed by atoms with Crippen molar-refractivity contribution in [1.29, 1.82) is 0 Å². The van der Waals surface area contributed by atoms with Gasteiger partial charge in [-0.2, -0.15) is 0 Å². The van der Waals surface area contributed by atoms with Crippen molar-refractivity contribution in [2.45, 2.75) is 53.0 Å². The quantitative estimate of drug-likeness (QED) is 0.901. The van der Waals surface area contributed by atoms with E-state index in [-0.39, 0.29) is 17.4 Å². The minimum absolute atomic E-state index is 0.0907. The van der Waals surface area contributed by atoms with Crippen LogP contribution < -0.4 is 5.32 Å². The van der Waals surface area contributed by atoms with Crippen molar-refractivity contribution < 1.29 is 4.79 Å². The van der Waals surface area contributed by atoms with Crippen molar-refractivity contribution in [3.05, 3.63) is 23.8 Å². The van der Waals surface area contributed by atoms with Crippen molar-refractivity contribution in [2.75, 3.05) is 0 Å². The van der Waals surface area contributed by atoms with Gasteiger partial charge in [-0.15, -0.1) is 0 Å². The molecule has 1 N–H and O–H groups in total. The van der Waals surface area contributed by atoms with Crippen molar-refractivity contribution in [2.24, 2.45) is 16.7 Å². The zero-order valence-corrected chi connectivity index (χ0v) is 12.7. The first kappa shape index (κ1) is 13.5. The van der Waals surface area contributed by atoms with Crippen LogP contribution in [0.2, 0.25) is 0 Å². The van der Waals surface area contributed by atoms with Gasteiger partial charge in [0.1, 0.15) is 5.69 Å². The van der Waals surface area contributed by atoms with Crippen LogP contribution in [-0.2, 0) is 0 Å². The standard InChI is InChI=1S/C16H23N3O/c1-10-8-18-12(9-17-10)14(20)19-13-7-11-5-6-16(13,4)15(11,2)3/h8-9,11,13H,5-7H2,1-4H3,(H,19,20). The lowest BCUT2D eigenvalue weighted by Crippen LogP contribution is -2.47. The Hall–Kier alpha value is -1.45. The summed E-state index contributed by atoms with van der Waals surface area (Å²) in [6, 6.07) is 0.256. The number of carbonyl (C=O) groups is 1. The zero-order chi connectivity index (χ0) is 14.5. The lowest BCUT2D eigenvalue weighted by atomic mass is 9.69. The van der Waals surface area contributed by atoms with Gasteiger partial charge in [-0.1, -0.05) is 20.8 Å². The van der Waals surface area contributed by atoms with Crippen LogP contribution in [0.15, 0.2) is 12.4 Å². The number of amides is 1. The lowest BCUT2D eigenvalue weighted by Gasteiger charge is -2.39. The van der Waals surface area contributed by atoms with E-state index < -0.39 is 0 Å². The first-order chi connectivity index (χ1) is 9.34. The summed E-state index contributed by atoms with van der Waals surface area (Å²) in [7, 11) is 0. The Morgan fingerprint density at radius 1 is 1.30 bits per heavy atom. The summed E-state index contributed by atoms with van der Waals surface area (Å²) in [4.78, 5) is 20.6. The van der Waals surface area contributed by atoms with Crippen LogP contribution >= 0.6 is 0 Å². The molecule has 1 aromatic rings. The van der Waals surface area contributed by atoms with Crippen molar-refractivity contribution in [3.8, 4) is 0 Å². The van der Waals surface area contributed by atoms with E-state index in [9.17, 15) is 4.79 Å². The van der Waals surface area contributed by atoms with Crippen molar-refractivity contribution in [1.82, 2.24) is 15.3 Å². The van der Waals surface area contributed by atoms with Crippen LogP contribution in [0.4, 0.5) is 0 Å². The van der Waals surface area contributed by atoms with E-state index in [1.165, 1.54) is 12.8 Å². The van der Waals surface area contributed by atoms with Crippen LogP contribution in [0.5, 0.6) is 0 Å². The van der Waals surface area contributed by atoms with Gasteiger partial charge in [0, 0.05) is 12.2 Å². The number of hydrogen-bond donors (Lipinski definition) is 1. The third-order valence-corrected chi connectivity index (χ3v) is 6.11. The van der Waals surface area contributed by atoms with Gasteiger partial charge in [0.05, 0.1) is 11.9 Å². The maximum absolute atomic E-state index is 12.3. The molecule has 2 saturated carbocycles. The lowest BCUT2D eigenvalue weighted by molar-refractivity contribution is 0.0821. The summed E-state index contributed by atoms with van der Waals surface area (Å²) in [6.07, 6.45) is 6.79. The molecule has 2 aliphatic carbocycles. The number of rotatable bonds is 2. The predicted molar refractivity (Wildman–Crippen MR) is 77.3 cm³/mol. The summed E-state index contributed by atoms with van der Waals surface area (Å²) in [5.74, 6) is 0.633. The van der Waals surface area contributed by atoms with Gasteiger partial charge in [0.15, 0.2) is 0 Å². The fourth-order valence-electron chi connectivity index (χ4n) is 4.16. The van der Waals surface area contributed by atoms with Crippen LogP contribution in [0.25, 0.3) is 0 Å². The summed E-state index contributed by atoms with van der Waals surface area (Å²) in [6.45, 7) is 8.89. The monoisotopic (exact) mass is 273 g/mol. The van der Waals surface area contributed by atoms with Crippen LogP contribution in [0.1, 0.15) is 56.2 Å². The van der Waals surface area contributed by atoms with E-state index in [0.717, 1.165) is 18.0 Å². The summed E-state index contributed by atoms with van der Waals surface area (Å²) < 4.78 is 0. The maximum Gasteiger partial charge on any atom is 0.271 e. The molecule has 0 radical (unpaired) electrons. The highest BCUT2D eigenvalue weighted by Crippen LogP contribution is 2.65. The van der Waals surface area contributed by atoms with Gasteiger partial charge >= 0.3 is 0 Å². The number of fused-ring (bicyclic) bond motifs is 2. The normalized spacial score (nSPS) is 34.2. The first-order valence-corrected chi connectivity index (χ1v) is 7.44. The Morgan fingerprint density at radius 2 is 2.05 bits per heavy atom. The number of aryl methyl sites for hydroxylation is 1. The molecule has 1 aromatic heterocycles. The molecule has 0 aliphatic heterocycles.